The fourth-order valence-corrected chi connectivity index (χ4v) is 7.13. The van der Waals surface area contributed by atoms with E-state index >= 15 is 0 Å². The van der Waals surface area contributed by atoms with Crippen molar-refractivity contribution in [2.45, 2.75) is 38.0 Å². The molecule has 2 heterocycles. The zero-order chi connectivity index (χ0) is 16.8. The number of carbonyl (C=O) groups excluding carboxylic acids is 1. The molecule has 3 rings (SSSR count). The first-order valence-corrected chi connectivity index (χ1v) is 10.3. The third-order valence-corrected chi connectivity index (χ3v) is 7.35. The maximum absolute atomic E-state index is 12.0. The van der Waals surface area contributed by atoms with Gasteiger partial charge in [0.25, 0.3) is 0 Å². The number of hydrogen-bond donors (Lipinski definition) is 0. The maximum Gasteiger partial charge on any atom is 0.244 e. The van der Waals surface area contributed by atoms with Crippen LogP contribution in [0.4, 0.5) is 5.69 Å². The van der Waals surface area contributed by atoms with Crippen LogP contribution in [0.15, 0.2) is 29.3 Å². The number of anilines is 1. The molecule has 1 amide bonds. The Hall–Kier alpha value is -1.34. The van der Waals surface area contributed by atoms with Gasteiger partial charge < -0.3 is 4.90 Å². The second-order valence-corrected chi connectivity index (χ2v) is 9.66. The highest BCUT2D eigenvalue weighted by Gasteiger charge is 2.49. The molecule has 2 aliphatic heterocycles. The van der Waals surface area contributed by atoms with E-state index < -0.39 is 9.84 Å². The smallest absolute Gasteiger partial charge is 0.244 e. The van der Waals surface area contributed by atoms with Gasteiger partial charge in [-0.15, -0.1) is 0 Å². The Bertz CT molecular complexity index is 771. The molecule has 1 aromatic carbocycles. The molecule has 2 saturated heterocycles. The molecule has 2 atom stereocenters. The van der Waals surface area contributed by atoms with Crippen LogP contribution in [0.1, 0.15) is 32.3 Å². The first-order chi connectivity index (χ1) is 10.8. The highest BCUT2D eigenvalue weighted by Crippen LogP contribution is 2.43. The number of carbonyl (C=O) groups is 1. The minimum absolute atomic E-state index is 0.0571. The van der Waals surface area contributed by atoms with E-state index in [1.165, 1.54) is 18.7 Å². The highest BCUT2D eigenvalue weighted by atomic mass is 32.2. The van der Waals surface area contributed by atoms with E-state index in [9.17, 15) is 13.2 Å². The number of rotatable bonds is 2. The second-order valence-electron chi connectivity index (χ2n) is 6.30. The van der Waals surface area contributed by atoms with Crippen LogP contribution in [-0.2, 0) is 14.6 Å². The predicted molar refractivity (Wildman–Crippen MR) is 94.9 cm³/mol. The lowest BCUT2D eigenvalue weighted by Crippen LogP contribution is -2.38. The molecule has 0 unspecified atom stereocenters. The summed E-state index contributed by atoms with van der Waals surface area (Å²) < 4.78 is 24.0. The number of amides is 1. The van der Waals surface area contributed by atoms with Crippen molar-refractivity contribution in [3.63, 3.8) is 0 Å². The van der Waals surface area contributed by atoms with Gasteiger partial charge >= 0.3 is 0 Å². The number of sulfone groups is 1. The van der Waals surface area contributed by atoms with Gasteiger partial charge in [0.15, 0.2) is 15.0 Å². The number of hydrogen-bond acceptors (Lipinski definition) is 4. The molecule has 0 radical (unpaired) electrons. The Balaban J connectivity index is 2.11. The van der Waals surface area contributed by atoms with E-state index in [0.29, 0.717) is 11.1 Å². The van der Waals surface area contributed by atoms with Crippen LogP contribution in [-0.4, -0.2) is 42.3 Å². The average Bonchev–Trinajstić information content (AvgIpc) is 2.88. The number of benzene rings is 1. The van der Waals surface area contributed by atoms with Crippen molar-refractivity contribution in [2.24, 2.45) is 4.99 Å². The summed E-state index contributed by atoms with van der Waals surface area (Å²) in [7, 11) is -3.03. The molecule has 0 bridgehead atoms. The SMILES string of the molecule is CC(=O)N=C1S[C@H]2CS(=O)(=O)C[C@H]2N1c1ccccc1C(C)C. The van der Waals surface area contributed by atoms with Crippen molar-refractivity contribution in [3.05, 3.63) is 29.8 Å². The van der Waals surface area contributed by atoms with Crippen molar-refractivity contribution in [3.8, 4) is 0 Å². The summed E-state index contributed by atoms with van der Waals surface area (Å²) in [5, 5.41) is 0.564. The first-order valence-electron chi connectivity index (χ1n) is 7.63. The summed E-state index contributed by atoms with van der Waals surface area (Å²) in [5.41, 5.74) is 2.09. The van der Waals surface area contributed by atoms with Gasteiger partial charge in [-0.2, -0.15) is 4.99 Å². The van der Waals surface area contributed by atoms with Crippen LogP contribution in [0.3, 0.4) is 0 Å². The third kappa shape index (κ3) is 3.17. The number of thioether (sulfide) groups is 1. The minimum Gasteiger partial charge on any atom is -0.315 e. The fourth-order valence-electron chi connectivity index (χ4n) is 3.18. The molecule has 124 valence electrons. The molecule has 7 heteroatoms. The number of fused-ring (bicyclic) bond motifs is 1. The first kappa shape index (κ1) is 16.5. The van der Waals surface area contributed by atoms with Gasteiger partial charge in [-0.3, -0.25) is 4.79 Å². The lowest BCUT2D eigenvalue weighted by atomic mass is 9.99. The van der Waals surface area contributed by atoms with Crippen LogP contribution in [0.25, 0.3) is 0 Å². The number of para-hydroxylation sites is 1. The molecule has 2 aliphatic rings. The lowest BCUT2D eigenvalue weighted by Gasteiger charge is -2.28. The quantitative estimate of drug-likeness (QED) is 0.818. The van der Waals surface area contributed by atoms with Crippen LogP contribution in [0.5, 0.6) is 0 Å². The molecule has 0 aliphatic carbocycles. The zero-order valence-electron chi connectivity index (χ0n) is 13.4. The van der Waals surface area contributed by atoms with Gasteiger partial charge in [-0.1, -0.05) is 43.8 Å². The van der Waals surface area contributed by atoms with Gasteiger partial charge in [-0.25, -0.2) is 8.42 Å². The van der Waals surface area contributed by atoms with E-state index in [-0.39, 0.29) is 28.7 Å². The minimum atomic E-state index is -3.03. The Morgan fingerprint density at radius 1 is 1.30 bits per heavy atom. The Morgan fingerprint density at radius 2 is 2.00 bits per heavy atom. The van der Waals surface area contributed by atoms with Gasteiger partial charge in [0.2, 0.25) is 5.91 Å². The molecular weight excluding hydrogens is 332 g/mol. The van der Waals surface area contributed by atoms with E-state index in [4.69, 9.17) is 0 Å². The maximum atomic E-state index is 12.0. The molecule has 5 nitrogen and oxygen atoms in total. The molecule has 2 fully saturated rings. The van der Waals surface area contributed by atoms with Gasteiger partial charge in [0.05, 0.1) is 17.5 Å². The Morgan fingerprint density at radius 3 is 2.65 bits per heavy atom. The van der Waals surface area contributed by atoms with Crippen LogP contribution < -0.4 is 4.90 Å². The Labute approximate surface area is 141 Å². The summed E-state index contributed by atoms with van der Waals surface area (Å²) in [6, 6.07) is 7.80. The molecule has 0 saturated carbocycles. The van der Waals surface area contributed by atoms with Crippen molar-refractivity contribution in [2.75, 3.05) is 16.4 Å². The van der Waals surface area contributed by atoms with E-state index in [1.807, 2.05) is 29.2 Å². The molecule has 23 heavy (non-hydrogen) atoms. The van der Waals surface area contributed by atoms with Crippen molar-refractivity contribution in [1.82, 2.24) is 0 Å². The largest absolute Gasteiger partial charge is 0.315 e. The summed E-state index contributed by atoms with van der Waals surface area (Å²) in [5.74, 6) is 0.308. The number of amidine groups is 1. The van der Waals surface area contributed by atoms with Gasteiger partial charge in [-0.05, 0) is 17.5 Å². The summed E-state index contributed by atoms with van der Waals surface area (Å²) in [6.45, 7) is 5.63. The van der Waals surface area contributed by atoms with Gasteiger partial charge in [0, 0.05) is 17.9 Å². The second kappa shape index (κ2) is 5.94. The number of nitrogens with zero attached hydrogens (tertiary/aromatic N) is 2. The van der Waals surface area contributed by atoms with Gasteiger partial charge in [0.1, 0.15) is 0 Å². The average molecular weight is 352 g/mol. The van der Waals surface area contributed by atoms with Crippen molar-refractivity contribution in [1.29, 1.82) is 0 Å². The van der Waals surface area contributed by atoms with E-state index in [2.05, 4.69) is 18.8 Å². The molecule has 1 aromatic rings. The van der Waals surface area contributed by atoms with E-state index in [0.717, 1.165) is 11.3 Å². The predicted octanol–water partition coefficient (Wildman–Crippen LogP) is 2.43. The Kier molecular flexibility index (Phi) is 4.27. The summed E-state index contributed by atoms with van der Waals surface area (Å²) >= 11 is 1.41. The standard InChI is InChI=1S/C16H20N2O3S2/c1-10(2)12-6-4-5-7-13(12)18-14-8-23(20,21)9-15(14)22-16(18)17-11(3)19/h4-7,10,14-15H,8-9H2,1-3H3/t14-,15+/m1/s1. The van der Waals surface area contributed by atoms with Crippen LogP contribution in [0.2, 0.25) is 0 Å². The summed E-state index contributed by atoms with van der Waals surface area (Å²) in [4.78, 5) is 17.6. The fraction of sp³-hybridized carbons (Fsp3) is 0.500. The normalized spacial score (nSPS) is 27.7. The van der Waals surface area contributed by atoms with E-state index in [1.54, 1.807) is 0 Å². The molecule has 0 N–H and O–H groups in total. The number of aliphatic imine (C=N–C) groups is 1. The zero-order valence-corrected chi connectivity index (χ0v) is 15.0. The molecule has 0 aromatic heterocycles. The van der Waals surface area contributed by atoms with Crippen LogP contribution >= 0.6 is 11.8 Å². The molecule has 0 spiro atoms. The highest BCUT2D eigenvalue weighted by molar-refractivity contribution is 8.16. The third-order valence-electron chi connectivity index (χ3n) is 4.14. The molecular formula is C16H20N2O3S2. The summed E-state index contributed by atoms with van der Waals surface area (Å²) in [6.07, 6.45) is 0. The topological polar surface area (TPSA) is 66.8 Å². The van der Waals surface area contributed by atoms with Crippen LogP contribution in [0, 0.1) is 0 Å². The monoisotopic (exact) mass is 352 g/mol. The van der Waals surface area contributed by atoms with Crippen molar-refractivity contribution >= 4 is 38.4 Å². The lowest BCUT2D eigenvalue weighted by molar-refractivity contribution is -0.115. The van der Waals surface area contributed by atoms with Crippen molar-refractivity contribution < 1.29 is 13.2 Å².